The molecule has 0 bridgehead atoms. The SMILES string of the molecule is COc1ccc(CNC(=O)/C(C#N)=C\c2cn(Cc3ccc([N+](=O)[O-])cc3)c3ccccc23)cc1. The smallest absolute Gasteiger partial charge is 0.269 e. The number of para-hydroxylation sites is 1. The Bertz CT molecular complexity index is 1450. The average molecular weight is 466 g/mol. The molecule has 8 nitrogen and oxygen atoms in total. The first kappa shape index (κ1) is 23.3. The van der Waals surface area contributed by atoms with Gasteiger partial charge in [0.05, 0.1) is 12.0 Å². The number of hydrogen-bond donors (Lipinski definition) is 1. The molecule has 1 N–H and O–H groups in total. The Balaban J connectivity index is 1.56. The second kappa shape index (κ2) is 10.4. The fourth-order valence-electron chi connectivity index (χ4n) is 3.77. The van der Waals surface area contributed by atoms with Gasteiger partial charge in [0, 0.05) is 47.9 Å². The molecule has 0 saturated carbocycles. The number of amides is 1. The van der Waals surface area contributed by atoms with E-state index in [1.54, 1.807) is 25.3 Å². The Morgan fingerprint density at radius 2 is 1.77 bits per heavy atom. The van der Waals surface area contributed by atoms with Crippen LogP contribution in [0.15, 0.2) is 84.6 Å². The van der Waals surface area contributed by atoms with Crippen molar-refractivity contribution in [1.82, 2.24) is 9.88 Å². The predicted octanol–water partition coefficient (Wildman–Crippen LogP) is 4.83. The molecule has 1 aromatic heterocycles. The van der Waals surface area contributed by atoms with Crippen LogP contribution in [0.2, 0.25) is 0 Å². The minimum atomic E-state index is -0.462. The monoisotopic (exact) mass is 466 g/mol. The third kappa shape index (κ3) is 5.37. The van der Waals surface area contributed by atoms with Crippen molar-refractivity contribution in [2.75, 3.05) is 7.11 Å². The number of ether oxygens (including phenoxy) is 1. The maximum Gasteiger partial charge on any atom is 0.269 e. The van der Waals surface area contributed by atoms with Gasteiger partial charge in [-0.1, -0.05) is 42.5 Å². The lowest BCUT2D eigenvalue weighted by Crippen LogP contribution is -2.23. The minimum Gasteiger partial charge on any atom is -0.497 e. The lowest BCUT2D eigenvalue weighted by atomic mass is 10.1. The second-order valence-corrected chi connectivity index (χ2v) is 7.85. The van der Waals surface area contributed by atoms with E-state index in [9.17, 15) is 20.2 Å². The van der Waals surface area contributed by atoms with Crippen LogP contribution in [0, 0.1) is 21.4 Å². The fourth-order valence-corrected chi connectivity index (χ4v) is 3.77. The van der Waals surface area contributed by atoms with Crippen molar-refractivity contribution in [3.05, 3.63) is 111 Å². The summed E-state index contributed by atoms with van der Waals surface area (Å²) in [5.41, 5.74) is 3.47. The molecule has 0 aliphatic rings. The number of nitrogens with one attached hydrogen (secondary N) is 1. The number of rotatable bonds is 8. The van der Waals surface area contributed by atoms with E-state index in [1.165, 1.54) is 12.1 Å². The molecule has 3 aromatic carbocycles. The quantitative estimate of drug-likeness (QED) is 0.173. The van der Waals surface area contributed by atoms with Crippen LogP contribution in [-0.4, -0.2) is 22.5 Å². The number of hydrogen-bond acceptors (Lipinski definition) is 5. The molecule has 1 heterocycles. The van der Waals surface area contributed by atoms with E-state index in [-0.39, 0.29) is 17.8 Å². The highest BCUT2D eigenvalue weighted by molar-refractivity contribution is 6.04. The van der Waals surface area contributed by atoms with Gasteiger partial charge < -0.3 is 14.6 Å². The van der Waals surface area contributed by atoms with Crippen molar-refractivity contribution in [2.24, 2.45) is 0 Å². The zero-order valence-electron chi connectivity index (χ0n) is 19.0. The molecular formula is C27H22N4O4. The fraction of sp³-hybridized carbons (Fsp3) is 0.111. The van der Waals surface area contributed by atoms with Crippen molar-refractivity contribution in [1.29, 1.82) is 5.26 Å². The molecule has 0 aliphatic carbocycles. The number of carbonyl (C=O) groups is 1. The number of non-ortho nitro benzene ring substituents is 1. The van der Waals surface area contributed by atoms with Gasteiger partial charge in [-0.15, -0.1) is 0 Å². The largest absolute Gasteiger partial charge is 0.497 e. The molecule has 0 atom stereocenters. The highest BCUT2D eigenvalue weighted by atomic mass is 16.6. The van der Waals surface area contributed by atoms with Gasteiger partial charge in [0.15, 0.2) is 0 Å². The van der Waals surface area contributed by atoms with E-state index in [2.05, 4.69) is 5.32 Å². The van der Waals surface area contributed by atoms with Crippen LogP contribution >= 0.6 is 0 Å². The summed E-state index contributed by atoms with van der Waals surface area (Å²) in [4.78, 5) is 23.2. The van der Waals surface area contributed by atoms with Crippen molar-refractivity contribution >= 4 is 28.6 Å². The Morgan fingerprint density at radius 3 is 2.43 bits per heavy atom. The zero-order chi connectivity index (χ0) is 24.8. The number of nitriles is 1. The zero-order valence-corrected chi connectivity index (χ0v) is 19.0. The maximum absolute atomic E-state index is 12.7. The van der Waals surface area contributed by atoms with Crippen molar-refractivity contribution in [2.45, 2.75) is 13.1 Å². The van der Waals surface area contributed by atoms with Crippen LogP contribution in [0.3, 0.4) is 0 Å². The topological polar surface area (TPSA) is 110 Å². The van der Waals surface area contributed by atoms with Gasteiger partial charge in [0.2, 0.25) is 0 Å². The summed E-state index contributed by atoms with van der Waals surface area (Å²) < 4.78 is 7.13. The molecule has 174 valence electrons. The molecule has 0 spiro atoms. The number of nitro benzene ring substituents is 1. The summed E-state index contributed by atoms with van der Waals surface area (Å²) in [7, 11) is 1.59. The van der Waals surface area contributed by atoms with Crippen molar-refractivity contribution in [3.63, 3.8) is 0 Å². The molecule has 0 saturated heterocycles. The van der Waals surface area contributed by atoms with Crippen molar-refractivity contribution in [3.8, 4) is 11.8 Å². The molecule has 0 radical (unpaired) electrons. The van der Waals surface area contributed by atoms with E-state index in [4.69, 9.17) is 4.74 Å². The van der Waals surface area contributed by atoms with Gasteiger partial charge in [0.25, 0.3) is 11.6 Å². The number of aromatic nitrogens is 1. The lowest BCUT2D eigenvalue weighted by molar-refractivity contribution is -0.384. The number of nitro groups is 1. The first-order valence-electron chi connectivity index (χ1n) is 10.8. The van der Waals surface area contributed by atoms with E-state index >= 15 is 0 Å². The number of fused-ring (bicyclic) bond motifs is 1. The third-order valence-corrected chi connectivity index (χ3v) is 5.60. The van der Waals surface area contributed by atoms with Gasteiger partial charge >= 0.3 is 0 Å². The molecule has 1 amide bonds. The standard InChI is InChI=1S/C27H22N4O4/c1-35-24-12-8-19(9-13-24)16-29-27(32)21(15-28)14-22-18-30(26-5-3-2-4-25(22)26)17-20-6-10-23(11-7-20)31(33)34/h2-14,18H,16-17H2,1H3,(H,29,32)/b21-14-. The van der Waals surface area contributed by atoms with Crippen LogP contribution < -0.4 is 10.1 Å². The average Bonchev–Trinajstić information content (AvgIpc) is 3.23. The summed E-state index contributed by atoms with van der Waals surface area (Å²) in [6.07, 6.45) is 3.46. The van der Waals surface area contributed by atoms with Crippen LogP contribution in [0.25, 0.3) is 17.0 Å². The van der Waals surface area contributed by atoms with Crippen LogP contribution in [0.1, 0.15) is 16.7 Å². The Kier molecular flexibility index (Phi) is 6.88. The first-order valence-corrected chi connectivity index (χ1v) is 10.8. The third-order valence-electron chi connectivity index (χ3n) is 5.60. The first-order chi connectivity index (χ1) is 17.0. The predicted molar refractivity (Wildman–Crippen MR) is 133 cm³/mol. The number of benzene rings is 3. The highest BCUT2D eigenvalue weighted by Crippen LogP contribution is 2.25. The summed E-state index contributed by atoms with van der Waals surface area (Å²) in [6.45, 7) is 0.766. The molecule has 4 aromatic rings. The lowest BCUT2D eigenvalue weighted by Gasteiger charge is -2.06. The summed E-state index contributed by atoms with van der Waals surface area (Å²) >= 11 is 0. The van der Waals surface area contributed by atoms with Gasteiger partial charge in [-0.2, -0.15) is 5.26 Å². The molecule has 0 fully saturated rings. The normalized spacial score (nSPS) is 11.1. The number of nitrogens with zero attached hydrogens (tertiary/aromatic N) is 3. The van der Waals surface area contributed by atoms with Crippen LogP contribution in [-0.2, 0) is 17.9 Å². The molecule has 8 heteroatoms. The summed E-state index contributed by atoms with van der Waals surface area (Å²) in [6, 6.07) is 23.4. The molecule has 0 unspecified atom stereocenters. The molecule has 4 rings (SSSR count). The maximum atomic E-state index is 12.7. The van der Waals surface area contributed by atoms with E-state index < -0.39 is 10.8 Å². The Hall–Kier alpha value is -4.90. The molecular weight excluding hydrogens is 444 g/mol. The highest BCUT2D eigenvalue weighted by Gasteiger charge is 2.13. The Morgan fingerprint density at radius 1 is 1.09 bits per heavy atom. The summed E-state index contributed by atoms with van der Waals surface area (Å²) in [5.74, 6) is 0.262. The minimum absolute atomic E-state index is 0.00301. The van der Waals surface area contributed by atoms with E-state index in [1.807, 2.05) is 65.4 Å². The van der Waals surface area contributed by atoms with Gasteiger partial charge in [0.1, 0.15) is 17.4 Å². The van der Waals surface area contributed by atoms with Crippen LogP contribution in [0.5, 0.6) is 5.75 Å². The molecule has 35 heavy (non-hydrogen) atoms. The Labute approximate surface area is 201 Å². The summed E-state index contributed by atoms with van der Waals surface area (Å²) in [5, 5.41) is 24.2. The van der Waals surface area contributed by atoms with Crippen LogP contribution in [0.4, 0.5) is 5.69 Å². The second-order valence-electron chi connectivity index (χ2n) is 7.85. The van der Waals surface area contributed by atoms with E-state index in [0.29, 0.717) is 6.54 Å². The van der Waals surface area contributed by atoms with Crippen molar-refractivity contribution < 1.29 is 14.5 Å². The van der Waals surface area contributed by atoms with Gasteiger partial charge in [-0.3, -0.25) is 14.9 Å². The number of carbonyl (C=O) groups excluding carboxylic acids is 1. The van der Waals surface area contributed by atoms with E-state index in [0.717, 1.165) is 33.3 Å². The van der Waals surface area contributed by atoms with Gasteiger partial charge in [-0.25, -0.2) is 0 Å². The van der Waals surface area contributed by atoms with Gasteiger partial charge in [-0.05, 0) is 35.4 Å². The number of methoxy groups -OCH3 is 1. The molecule has 0 aliphatic heterocycles.